The summed E-state index contributed by atoms with van der Waals surface area (Å²) in [5, 5.41) is 0. The Hall–Kier alpha value is -0.313. The van der Waals surface area contributed by atoms with E-state index in [2.05, 4.69) is 20.8 Å². The Morgan fingerprint density at radius 2 is 1.50 bits per heavy atom. The van der Waals surface area contributed by atoms with Crippen molar-refractivity contribution in [1.82, 2.24) is 0 Å². The van der Waals surface area contributed by atoms with Crippen molar-refractivity contribution in [3.05, 3.63) is 0 Å². The van der Waals surface area contributed by atoms with Crippen LogP contribution in [-0.2, 0) is 9.22 Å². The highest BCUT2D eigenvalue weighted by Gasteiger charge is 2.28. The van der Waals surface area contributed by atoms with Crippen LogP contribution < -0.4 is 0 Å². The molecule has 0 saturated heterocycles. The quantitative estimate of drug-likeness (QED) is 0.674. The first-order valence-corrected chi connectivity index (χ1v) is 8.79. The van der Waals surface area contributed by atoms with Crippen LogP contribution in [0.25, 0.3) is 0 Å². The van der Waals surface area contributed by atoms with Gasteiger partial charge < -0.3 is 4.43 Å². The molecule has 0 heterocycles. The standard InChI is InChI=1S/C11H24O2Si/c1-8(2)9(3)10(4)11(12)13-14(5,6)7/h8-10H,1-7H3. The van der Waals surface area contributed by atoms with E-state index >= 15 is 0 Å². The maximum absolute atomic E-state index is 11.7. The van der Waals surface area contributed by atoms with Crippen molar-refractivity contribution < 1.29 is 9.22 Å². The van der Waals surface area contributed by atoms with Gasteiger partial charge in [-0.3, -0.25) is 4.79 Å². The summed E-state index contributed by atoms with van der Waals surface area (Å²) in [6.45, 7) is 14.5. The molecule has 0 aliphatic rings. The van der Waals surface area contributed by atoms with Gasteiger partial charge in [-0.1, -0.05) is 27.7 Å². The lowest BCUT2D eigenvalue weighted by molar-refractivity contribution is -0.141. The molecule has 0 saturated carbocycles. The van der Waals surface area contributed by atoms with Gasteiger partial charge in [0, 0.05) is 0 Å². The molecular formula is C11H24O2Si. The number of rotatable bonds is 4. The third-order valence-corrected chi connectivity index (χ3v) is 3.43. The van der Waals surface area contributed by atoms with Gasteiger partial charge in [0.15, 0.2) is 0 Å². The topological polar surface area (TPSA) is 26.3 Å². The Bertz CT molecular complexity index is 194. The minimum Gasteiger partial charge on any atom is -0.520 e. The molecule has 0 rings (SSSR count). The molecule has 0 aliphatic heterocycles. The van der Waals surface area contributed by atoms with Gasteiger partial charge in [0.2, 0.25) is 8.32 Å². The molecule has 0 spiro atoms. The summed E-state index contributed by atoms with van der Waals surface area (Å²) in [6, 6.07) is 0. The largest absolute Gasteiger partial charge is 0.520 e. The summed E-state index contributed by atoms with van der Waals surface area (Å²) in [7, 11) is -1.71. The van der Waals surface area contributed by atoms with Crippen molar-refractivity contribution in [2.24, 2.45) is 17.8 Å². The summed E-state index contributed by atoms with van der Waals surface area (Å²) in [5.41, 5.74) is 0. The van der Waals surface area contributed by atoms with E-state index in [9.17, 15) is 4.79 Å². The van der Waals surface area contributed by atoms with Gasteiger partial charge in [-0.2, -0.15) is 0 Å². The Morgan fingerprint density at radius 1 is 1.07 bits per heavy atom. The highest BCUT2D eigenvalue weighted by Crippen LogP contribution is 2.22. The zero-order valence-corrected chi connectivity index (χ0v) is 11.5. The fourth-order valence-electron chi connectivity index (χ4n) is 1.19. The molecule has 2 nitrogen and oxygen atoms in total. The predicted molar refractivity (Wildman–Crippen MR) is 62.6 cm³/mol. The molecule has 2 atom stereocenters. The van der Waals surface area contributed by atoms with E-state index in [4.69, 9.17) is 4.43 Å². The maximum atomic E-state index is 11.7. The molecule has 0 aromatic rings. The van der Waals surface area contributed by atoms with Gasteiger partial charge in [-0.15, -0.1) is 0 Å². The van der Waals surface area contributed by atoms with E-state index in [1.807, 2.05) is 26.6 Å². The minimum absolute atomic E-state index is 0.0155. The van der Waals surface area contributed by atoms with Crippen LogP contribution in [0.1, 0.15) is 27.7 Å². The van der Waals surface area contributed by atoms with E-state index in [0.717, 1.165) is 0 Å². The second kappa shape index (κ2) is 4.96. The van der Waals surface area contributed by atoms with E-state index < -0.39 is 8.32 Å². The zero-order valence-electron chi connectivity index (χ0n) is 10.5. The van der Waals surface area contributed by atoms with Crippen molar-refractivity contribution in [2.45, 2.75) is 47.3 Å². The number of hydrogen-bond donors (Lipinski definition) is 0. The minimum atomic E-state index is -1.71. The molecular weight excluding hydrogens is 192 g/mol. The second-order valence-electron chi connectivity index (χ2n) is 5.43. The number of carbonyl (C=O) groups is 1. The van der Waals surface area contributed by atoms with Gasteiger partial charge in [0.1, 0.15) is 0 Å². The fraction of sp³-hybridized carbons (Fsp3) is 0.909. The average molecular weight is 216 g/mol. The fourth-order valence-corrected chi connectivity index (χ4v) is 1.98. The Labute approximate surface area is 89.2 Å². The first kappa shape index (κ1) is 13.7. The SMILES string of the molecule is CC(C)C(C)C(C)C(=O)O[Si](C)(C)C. The average Bonchev–Trinajstić information content (AvgIpc) is 1.98. The van der Waals surface area contributed by atoms with E-state index in [-0.39, 0.29) is 11.9 Å². The van der Waals surface area contributed by atoms with Gasteiger partial charge in [0.05, 0.1) is 5.92 Å². The maximum Gasteiger partial charge on any atom is 0.295 e. The van der Waals surface area contributed by atoms with Gasteiger partial charge in [0.25, 0.3) is 5.97 Å². The summed E-state index contributed by atoms with van der Waals surface area (Å²) >= 11 is 0. The van der Waals surface area contributed by atoms with Gasteiger partial charge in [-0.25, -0.2) is 0 Å². The zero-order chi connectivity index (χ0) is 11.5. The van der Waals surface area contributed by atoms with Crippen LogP contribution in [0.4, 0.5) is 0 Å². The molecule has 0 radical (unpaired) electrons. The summed E-state index contributed by atoms with van der Waals surface area (Å²) in [5.74, 6) is 0.908. The first-order chi connectivity index (χ1) is 6.15. The highest BCUT2D eigenvalue weighted by molar-refractivity contribution is 6.71. The van der Waals surface area contributed by atoms with Crippen LogP contribution in [0.5, 0.6) is 0 Å². The smallest absolute Gasteiger partial charge is 0.295 e. The molecule has 3 heteroatoms. The highest BCUT2D eigenvalue weighted by atomic mass is 28.4. The molecule has 0 bridgehead atoms. The van der Waals surface area contributed by atoms with E-state index in [0.29, 0.717) is 11.8 Å². The molecule has 0 aromatic carbocycles. The van der Waals surface area contributed by atoms with Crippen molar-refractivity contribution in [3.8, 4) is 0 Å². The molecule has 0 amide bonds. The summed E-state index contributed by atoms with van der Waals surface area (Å²) in [6.07, 6.45) is 0. The molecule has 0 N–H and O–H groups in total. The van der Waals surface area contributed by atoms with Crippen molar-refractivity contribution >= 4 is 14.3 Å². The van der Waals surface area contributed by atoms with Crippen LogP contribution in [0, 0.1) is 17.8 Å². The second-order valence-corrected chi connectivity index (χ2v) is 9.85. The lowest BCUT2D eigenvalue weighted by Gasteiger charge is -2.26. The number of hydrogen-bond acceptors (Lipinski definition) is 2. The van der Waals surface area contributed by atoms with Crippen LogP contribution in [-0.4, -0.2) is 14.3 Å². The Morgan fingerprint density at radius 3 is 1.79 bits per heavy atom. The third kappa shape index (κ3) is 4.79. The van der Waals surface area contributed by atoms with E-state index in [1.165, 1.54) is 0 Å². The normalized spacial score (nSPS) is 16.6. The summed E-state index contributed by atoms with van der Waals surface area (Å²) < 4.78 is 5.47. The molecule has 14 heavy (non-hydrogen) atoms. The summed E-state index contributed by atoms with van der Waals surface area (Å²) in [4.78, 5) is 11.7. The Kier molecular flexibility index (Phi) is 4.85. The van der Waals surface area contributed by atoms with Crippen LogP contribution >= 0.6 is 0 Å². The first-order valence-electron chi connectivity index (χ1n) is 5.38. The van der Waals surface area contributed by atoms with Crippen molar-refractivity contribution in [2.75, 3.05) is 0 Å². The van der Waals surface area contributed by atoms with Crippen LogP contribution in [0.3, 0.4) is 0 Å². The Balaban J connectivity index is 4.26. The number of carbonyl (C=O) groups excluding carboxylic acids is 1. The predicted octanol–water partition coefficient (Wildman–Crippen LogP) is 3.29. The molecule has 0 fully saturated rings. The lowest BCUT2D eigenvalue weighted by atomic mass is 9.86. The van der Waals surface area contributed by atoms with Gasteiger partial charge >= 0.3 is 0 Å². The monoisotopic (exact) mass is 216 g/mol. The molecule has 0 aliphatic carbocycles. The van der Waals surface area contributed by atoms with E-state index in [1.54, 1.807) is 0 Å². The third-order valence-electron chi connectivity index (χ3n) is 2.62. The molecule has 84 valence electrons. The van der Waals surface area contributed by atoms with Crippen molar-refractivity contribution in [1.29, 1.82) is 0 Å². The van der Waals surface area contributed by atoms with Crippen LogP contribution in [0.2, 0.25) is 19.6 Å². The molecule has 2 unspecified atom stereocenters. The lowest BCUT2D eigenvalue weighted by Crippen LogP contribution is -2.34. The van der Waals surface area contributed by atoms with Gasteiger partial charge in [-0.05, 0) is 31.5 Å². The van der Waals surface area contributed by atoms with Crippen LogP contribution in [0.15, 0.2) is 0 Å². The molecule has 0 aromatic heterocycles. The van der Waals surface area contributed by atoms with Crippen molar-refractivity contribution in [3.63, 3.8) is 0 Å².